The number of anilines is 1. The maximum Gasteiger partial charge on any atom is 0.266 e. The summed E-state index contributed by atoms with van der Waals surface area (Å²) in [7, 11) is 0. The van der Waals surface area contributed by atoms with E-state index in [0.717, 1.165) is 19.0 Å². The molecular formula is C13H15N3O. The van der Waals surface area contributed by atoms with Crippen molar-refractivity contribution in [3.05, 3.63) is 41.8 Å². The number of rotatable bonds is 3. The highest BCUT2D eigenvalue weighted by atomic mass is 16.5. The predicted molar refractivity (Wildman–Crippen MR) is 65.0 cm³/mol. The third-order valence-electron chi connectivity index (χ3n) is 3.04. The van der Waals surface area contributed by atoms with Crippen molar-refractivity contribution in [1.29, 1.82) is 0 Å². The van der Waals surface area contributed by atoms with E-state index < -0.39 is 0 Å². The number of aromatic nitrogens is 2. The first-order valence-electron chi connectivity index (χ1n) is 6.03. The third-order valence-corrected chi connectivity index (χ3v) is 3.04. The molecule has 0 unspecified atom stereocenters. The SMILES string of the molecule is c1ccc(Cc2nc(N3CCCC3)no2)cc1. The van der Waals surface area contributed by atoms with Gasteiger partial charge in [-0.05, 0) is 23.6 Å². The van der Waals surface area contributed by atoms with Crippen LogP contribution in [0.15, 0.2) is 34.9 Å². The molecule has 0 saturated carbocycles. The Bertz CT molecular complexity index is 474. The molecule has 88 valence electrons. The number of hydrogen-bond donors (Lipinski definition) is 0. The summed E-state index contributed by atoms with van der Waals surface area (Å²) in [6.07, 6.45) is 3.16. The van der Waals surface area contributed by atoms with Gasteiger partial charge in [-0.1, -0.05) is 30.3 Å². The van der Waals surface area contributed by atoms with Crippen LogP contribution >= 0.6 is 0 Å². The smallest absolute Gasteiger partial charge is 0.266 e. The Morgan fingerprint density at radius 1 is 1.12 bits per heavy atom. The van der Waals surface area contributed by atoms with Crippen molar-refractivity contribution in [3.63, 3.8) is 0 Å². The summed E-state index contributed by atoms with van der Waals surface area (Å²) < 4.78 is 5.28. The van der Waals surface area contributed by atoms with Crippen LogP contribution in [0.5, 0.6) is 0 Å². The van der Waals surface area contributed by atoms with E-state index in [9.17, 15) is 0 Å². The van der Waals surface area contributed by atoms with Gasteiger partial charge in [-0.2, -0.15) is 4.98 Å². The molecule has 1 saturated heterocycles. The van der Waals surface area contributed by atoms with E-state index in [4.69, 9.17) is 4.52 Å². The van der Waals surface area contributed by atoms with Crippen LogP contribution in [-0.4, -0.2) is 23.2 Å². The van der Waals surface area contributed by atoms with Gasteiger partial charge in [0.05, 0.1) is 6.42 Å². The fourth-order valence-corrected chi connectivity index (χ4v) is 2.13. The summed E-state index contributed by atoms with van der Waals surface area (Å²) >= 11 is 0. The first-order valence-corrected chi connectivity index (χ1v) is 6.03. The van der Waals surface area contributed by atoms with Crippen molar-refractivity contribution >= 4 is 5.95 Å². The maximum absolute atomic E-state index is 5.28. The van der Waals surface area contributed by atoms with Gasteiger partial charge in [-0.15, -0.1) is 0 Å². The molecule has 0 N–H and O–H groups in total. The molecule has 4 heteroatoms. The monoisotopic (exact) mass is 229 g/mol. The van der Waals surface area contributed by atoms with E-state index >= 15 is 0 Å². The lowest BCUT2D eigenvalue weighted by atomic mass is 10.1. The lowest BCUT2D eigenvalue weighted by Gasteiger charge is -2.09. The van der Waals surface area contributed by atoms with E-state index in [1.165, 1.54) is 18.4 Å². The van der Waals surface area contributed by atoms with Gasteiger partial charge in [-0.25, -0.2) is 0 Å². The van der Waals surface area contributed by atoms with Gasteiger partial charge in [0, 0.05) is 13.1 Å². The number of hydrogen-bond acceptors (Lipinski definition) is 4. The van der Waals surface area contributed by atoms with E-state index in [2.05, 4.69) is 27.2 Å². The third kappa shape index (κ3) is 2.30. The quantitative estimate of drug-likeness (QED) is 0.809. The van der Waals surface area contributed by atoms with Crippen molar-refractivity contribution in [3.8, 4) is 0 Å². The van der Waals surface area contributed by atoms with Gasteiger partial charge in [-0.3, -0.25) is 0 Å². The first-order chi connectivity index (χ1) is 8.42. The molecule has 1 aliphatic rings. The minimum atomic E-state index is 0.693. The van der Waals surface area contributed by atoms with Gasteiger partial charge in [0.25, 0.3) is 5.95 Å². The molecule has 0 radical (unpaired) electrons. The van der Waals surface area contributed by atoms with Crippen LogP contribution in [0.25, 0.3) is 0 Å². The van der Waals surface area contributed by atoms with Crippen molar-refractivity contribution in [2.75, 3.05) is 18.0 Å². The minimum Gasteiger partial charge on any atom is -0.338 e. The van der Waals surface area contributed by atoms with Crippen LogP contribution in [0, 0.1) is 0 Å². The molecule has 0 spiro atoms. The molecule has 0 bridgehead atoms. The Morgan fingerprint density at radius 2 is 1.88 bits per heavy atom. The average Bonchev–Trinajstić information content (AvgIpc) is 3.00. The van der Waals surface area contributed by atoms with Gasteiger partial charge in [0.1, 0.15) is 0 Å². The Hall–Kier alpha value is -1.84. The van der Waals surface area contributed by atoms with Crippen LogP contribution in [0.3, 0.4) is 0 Å². The second-order valence-corrected chi connectivity index (χ2v) is 4.34. The summed E-state index contributed by atoms with van der Waals surface area (Å²) in [5.74, 6) is 1.44. The first kappa shape index (κ1) is 10.3. The topological polar surface area (TPSA) is 42.2 Å². The summed E-state index contributed by atoms with van der Waals surface area (Å²) in [4.78, 5) is 6.61. The van der Waals surface area contributed by atoms with Crippen LogP contribution in [0.4, 0.5) is 5.95 Å². The van der Waals surface area contributed by atoms with Crippen LogP contribution < -0.4 is 4.90 Å². The largest absolute Gasteiger partial charge is 0.338 e. The number of benzene rings is 1. The zero-order valence-electron chi connectivity index (χ0n) is 9.67. The Kier molecular flexibility index (Phi) is 2.78. The lowest BCUT2D eigenvalue weighted by molar-refractivity contribution is 0.384. The van der Waals surface area contributed by atoms with E-state index in [1.54, 1.807) is 0 Å². The van der Waals surface area contributed by atoms with Crippen molar-refractivity contribution in [2.45, 2.75) is 19.3 Å². The van der Waals surface area contributed by atoms with Gasteiger partial charge >= 0.3 is 0 Å². The summed E-state index contributed by atoms with van der Waals surface area (Å²) in [5.41, 5.74) is 1.20. The predicted octanol–water partition coefficient (Wildman–Crippen LogP) is 2.26. The molecule has 3 rings (SSSR count). The summed E-state index contributed by atoms with van der Waals surface area (Å²) in [6.45, 7) is 2.09. The molecule has 1 aromatic carbocycles. The molecule has 0 amide bonds. The Morgan fingerprint density at radius 3 is 2.65 bits per heavy atom. The minimum absolute atomic E-state index is 0.693. The maximum atomic E-state index is 5.28. The van der Waals surface area contributed by atoms with Crippen molar-refractivity contribution in [1.82, 2.24) is 10.1 Å². The van der Waals surface area contributed by atoms with Crippen molar-refractivity contribution < 1.29 is 4.52 Å². The molecule has 2 aromatic rings. The highest BCUT2D eigenvalue weighted by molar-refractivity contribution is 5.29. The lowest BCUT2D eigenvalue weighted by Crippen LogP contribution is -2.18. The fourth-order valence-electron chi connectivity index (χ4n) is 2.13. The molecule has 1 aliphatic heterocycles. The molecule has 1 fully saturated rings. The second-order valence-electron chi connectivity index (χ2n) is 4.34. The fraction of sp³-hybridized carbons (Fsp3) is 0.385. The molecule has 0 atom stereocenters. The molecule has 4 nitrogen and oxygen atoms in total. The summed E-state index contributed by atoms with van der Waals surface area (Å²) in [5, 5.41) is 4.03. The van der Waals surface area contributed by atoms with Gasteiger partial charge in [0.2, 0.25) is 5.89 Å². The van der Waals surface area contributed by atoms with Crippen molar-refractivity contribution in [2.24, 2.45) is 0 Å². The standard InChI is InChI=1S/C13H15N3O/c1-2-6-11(7-3-1)10-12-14-13(15-17-12)16-8-4-5-9-16/h1-3,6-7H,4-5,8-10H2. The Balaban J connectivity index is 1.72. The number of nitrogens with zero attached hydrogens (tertiary/aromatic N) is 3. The van der Waals surface area contributed by atoms with E-state index in [1.807, 2.05) is 18.2 Å². The normalized spacial score (nSPS) is 15.4. The second kappa shape index (κ2) is 4.57. The molecule has 2 heterocycles. The van der Waals surface area contributed by atoms with E-state index in [0.29, 0.717) is 12.3 Å². The molecule has 1 aromatic heterocycles. The van der Waals surface area contributed by atoms with E-state index in [-0.39, 0.29) is 0 Å². The highest BCUT2D eigenvalue weighted by Crippen LogP contribution is 2.17. The molecule has 0 aliphatic carbocycles. The van der Waals surface area contributed by atoms with Gasteiger partial charge in [0.15, 0.2) is 0 Å². The van der Waals surface area contributed by atoms with Crippen LogP contribution in [-0.2, 0) is 6.42 Å². The zero-order chi connectivity index (χ0) is 11.5. The molecular weight excluding hydrogens is 214 g/mol. The van der Waals surface area contributed by atoms with Crippen LogP contribution in [0.2, 0.25) is 0 Å². The van der Waals surface area contributed by atoms with Gasteiger partial charge < -0.3 is 9.42 Å². The highest BCUT2D eigenvalue weighted by Gasteiger charge is 2.17. The Labute approximate surface area is 100 Å². The van der Waals surface area contributed by atoms with Crippen LogP contribution in [0.1, 0.15) is 24.3 Å². The molecule has 17 heavy (non-hydrogen) atoms. The summed E-state index contributed by atoms with van der Waals surface area (Å²) in [6, 6.07) is 10.2. The average molecular weight is 229 g/mol. The zero-order valence-corrected chi connectivity index (χ0v) is 9.67.